The Bertz CT molecular complexity index is 295. The predicted molar refractivity (Wildman–Crippen MR) is 60.4 cm³/mol. The summed E-state index contributed by atoms with van der Waals surface area (Å²) < 4.78 is 0. The standard InChI is InChI=1S/C11H19N3/c1-4-5-13-11-6-8(2)10(7-14-11)9(3)12/h6-7,9H,4-5,12H2,1-3H3,(H,13,14). The Kier molecular flexibility index (Phi) is 3.89. The largest absolute Gasteiger partial charge is 0.370 e. The lowest BCUT2D eigenvalue weighted by Crippen LogP contribution is -2.09. The van der Waals surface area contributed by atoms with Gasteiger partial charge in [0.15, 0.2) is 0 Å². The summed E-state index contributed by atoms with van der Waals surface area (Å²) in [7, 11) is 0. The van der Waals surface area contributed by atoms with Crippen LogP contribution in [0.25, 0.3) is 0 Å². The van der Waals surface area contributed by atoms with Gasteiger partial charge in [-0.15, -0.1) is 0 Å². The summed E-state index contributed by atoms with van der Waals surface area (Å²) >= 11 is 0. The molecule has 0 fully saturated rings. The highest BCUT2D eigenvalue weighted by molar-refractivity contribution is 5.41. The molecule has 0 bridgehead atoms. The van der Waals surface area contributed by atoms with Crippen molar-refractivity contribution in [2.75, 3.05) is 11.9 Å². The lowest BCUT2D eigenvalue weighted by atomic mass is 10.1. The van der Waals surface area contributed by atoms with E-state index in [2.05, 4.69) is 24.1 Å². The molecular formula is C11H19N3. The molecule has 1 aromatic rings. The Morgan fingerprint density at radius 3 is 2.79 bits per heavy atom. The fourth-order valence-corrected chi connectivity index (χ4v) is 1.39. The average molecular weight is 193 g/mol. The molecule has 3 nitrogen and oxygen atoms in total. The van der Waals surface area contributed by atoms with Crippen LogP contribution in [0.4, 0.5) is 5.82 Å². The molecule has 0 aliphatic carbocycles. The smallest absolute Gasteiger partial charge is 0.126 e. The summed E-state index contributed by atoms with van der Waals surface area (Å²) in [6.07, 6.45) is 2.97. The first-order chi connectivity index (χ1) is 6.65. The number of anilines is 1. The van der Waals surface area contributed by atoms with E-state index in [0.29, 0.717) is 0 Å². The molecule has 14 heavy (non-hydrogen) atoms. The highest BCUT2D eigenvalue weighted by Crippen LogP contribution is 2.16. The van der Waals surface area contributed by atoms with Crippen LogP contribution >= 0.6 is 0 Å². The van der Waals surface area contributed by atoms with Crippen molar-refractivity contribution >= 4 is 5.82 Å². The van der Waals surface area contributed by atoms with Crippen LogP contribution in [0, 0.1) is 6.92 Å². The third kappa shape index (κ3) is 2.70. The topological polar surface area (TPSA) is 50.9 Å². The van der Waals surface area contributed by atoms with Crippen molar-refractivity contribution in [1.82, 2.24) is 4.98 Å². The number of hydrogen-bond acceptors (Lipinski definition) is 3. The number of hydrogen-bond donors (Lipinski definition) is 2. The van der Waals surface area contributed by atoms with E-state index >= 15 is 0 Å². The maximum atomic E-state index is 5.80. The first kappa shape index (κ1) is 11.0. The molecule has 1 rings (SSSR count). The second kappa shape index (κ2) is 4.96. The van der Waals surface area contributed by atoms with Crippen LogP contribution in [0.5, 0.6) is 0 Å². The van der Waals surface area contributed by atoms with Gasteiger partial charge in [-0.05, 0) is 37.5 Å². The highest BCUT2D eigenvalue weighted by Gasteiger charge is 2.04. The Labute approximate surface area is 85.7 Å². The predicted octanol–water partition coefficient (Wildman–Crippen LogP) is 2.23. The van der Waals surface area contributed by atoms with Gasteiger partial charge in [0.2, 0.25) is 0 Å². The molecule has 0 aliphatic heterocycles. The first-order valence-electron chi connectivity index (χ1n) is 5.11. The molecule has 1 aromatic heterocycles. The number of pyridine rings is 1. The molecular weight excluding hydrogens is 174 g/mol. The van der Waals surface area contributed by atoms with E-state index < -0.39 is 0 Å². The SMILES string of the molecule is CCCNc1cc(C)c(C(C)N)cn1. The molecule has 1 atom stereocenters. The minimum atomic E-state index is 0.0581. The van der Waals surface area contributed by atoms with Gasteiger partial charge in [0.05, 0.1) is 0 Å². The van der Waals surface area contributed by atoms with Crippen LogP contribution in [0.1, 0.15) is 37.4 Å². The summed E-state index contributed by atoms with van der Waals surface area (Å²) in [6.45, 7) is 7.14. The Hall–Kier alpha value is -1.09. The summed E-state index contributed by atoms with van der Waals surface area (Å²) in [5, 5.41) is 3.25. The molecule has 0 radical (unpaired) electrons. The van der Waals surface area contributed by atoms with E-state index in [1.54, 1.807) is 0 Å². The molecule has 0 saturated heterocycles. The zero-order chi connectivity index (χ0) is 10.6. The third-order valence-electron chi connectivity index (χ3n) is 2.20. The van der Waals surface area contributed by atoms with Crippen molar-refractivity contribution in [2.24, 2.45) is 5.73 Å². The molecule has 3 heteroatoms. The van der Waals surface area contributed by atoms with E-state index in [0.717, 1.165) is 24.3 Å². The number of aryl methyl sites for hydroxylation is 1. The lowest BCUT2D eigenvalue weighted by molar-refractivity contribution is 0.802. The van der Waals surface area contributed by atoms with Crippen molar-refractivity contribution in [3.63, 3.8) is 0 Å². The molecule has 3 N–H and O–H groups in total. The fourth-order valence-electron chi connectivity index (χ4n) is 1.39. The molecule has 1 unspecified atom stereocenters. The minimum absolute atomic E-state index is 0.0581. The van der Waals surface area contributed by atoms with Crippen LogP contribution in [-0.4, -0.2) is 11.5 Å². The summed E-state index contributed by atoms with van der Waals surface area (Å²) in [5.41, 5.74) is 8.12. The summed E-state index contributed by atoms with van der Waals surface area (Å²) in [4.78, 5) is 4.31. The molecule has 0 saturated carbocycles. The van der Waals surface area contributed by atoms with Gasteiger partial charge in [-0.25, -0.2) is 4.98 Å². The molecule has 0 spiro atoms. The number of rotatable bonds is 4. The molecule has 0 aliphatic rings. The quantitative estimate of drug-likeness (QED) is 0.771. The molecule has 0 amide bonds. The molecule has 1 heterocycles. The zero-order valence-electron chi connectivity index (χ0n) is 9.17. The van der Waals surface area contributed by atoms with Crippen molar-refractivity contribution in [3.05, 3.63) is 23.4 Å². The maximum absolute atomic E-state index is 5.80. The normalized spacial score (nSPS) is 12.6. The lowest BCUT2D eigenvalue weighted by Gasteiger charge is -2.11. The van der Waals surface area contributed by atoms with Crippen molar-refractivity contribution in [1.29, 1.82) is 0 Å². The van der Waals surface area contributed by atoms with Crippen LogP contribution in [0.15, 0.2) is 12.3 Å². The third-order valence-corrected chi connectivity index (χ3v) is 2.20. The number of nitrogens with one attached hydrogen (secondary N) is 1. The van der Waals surface area contributed by atoms with E-state index in [9.17, 15) is 0 Å². The van der Waals surface area contributed by atoms with Gasteiger partial charge in [0, 0.05) is 18.8 Å². The number of nitrogens with two attached hydrogens (primary N) is 1. The fraction of sp³-hybridized carbons (Fsp3) is 0.545. The van der Waals surface area contributed by atoms with Crippen LogP contribution in [-0.2, 0) is 0 Å². The number of aromatic nitrogens is 1. The van der Waals surface area contributed by atoms with Gasteiger partial charge in [-0.1, -0.05) is 6.92 Å². The summed E-state index contributed by atoms with van der Waals surface area (Å²) in [6, 6.07) is 2.11. The minimum Gasteiger partial charge on any atom is -0.370 e. The van der Waals surface area contributed by atoms with Crippen molar-refractivity contribution in [3.8, 4) is 0 Å². The van der Waals surface area contributed by atoms with Gasteiger partial charge < -0.3 is 11.1 Å². The Morgan fingerprint density at radius 2 is 2.29 bits per heavy atom. The van der Waals surface area contributed by atoms with Gasteiger partial charge >= 0.3 is 0 Å². The maximum Gasteiger partial charge on any atom is 0.126 e. The monoisotopic (exact) mass is 193 g/mol. The molecule has 78 valence electrons. The van der Waals surface area contributed by atoms with Gasteiger partial charge in [0.25, 0.3) is 0 Å². The van der Waals surface area contributed by atoms with Crippen LogP contribution in [0.2, 0.25) is 0 Å². The zero-order valence-corrected chi connectivity index (χ0v) is 9.17. The summed E-state index contributed by atoms with van der Waals surface area (Å²) in [5.74, 6) is 0.939. The Morgan fingerprint density at radius 1 is 1.57 bits per heavy atom. The van der Waals surface area contributed by atoms with Crippen LogP contribution in [0.3, 0.4) is 0 Å². The second-order valence-corrected chi connectivity index (χ2v) is 3.64. The second-order valence-electron chi connectivity index (χ2n) is 3.64. The van der Waals surface area contributed by atoms with Crippen molar-refractivity contribution < 1.29 is 0 Å². The van der Waals surface area contributed by atoms with E-state index in [4.69, 9.17) is 5.73 Å². The Balaban J connectivity index is 2.78. The van der Waals surface area contributed by atoms with Gasteiger partial charge in [-0.3, -0.25) is 0 Å². The average Bonchev–Trinajstić information content (AvgIpc) is 2.14. The van der Waals surface area contributed by atoms with E-state index in [1.807, 2.05) is 19.2 Å². The first-order valence-corrected chi connectivity index (χ1v) is 5.11. The molecule has 0 aromatic carbocycles. The van der Waals surface area contributed by atoms with Crippen molar-refractivity contribution in [2.45, 2.75) is 33.2 Å². The van der Waals surface area contributed by atoms with Crippen LogP contribution < -0.4 is 11.1 Å². The number of nitrogens with zero attached hydrogens (tertiary/aromatic N) is 1. The highest BCUT2D eigenvalue weighted by atomic mass is 15.0. The van der Waals surface area contributed by atoms with E-state index in [-0.39, 0.29) is 6.04 Å². The van der Waals surface area contributed by atoms with Gasteiger partial charge in [0.1, 0.15) is 5.82 Å². The van der Waals surface area contributed by atoms with Gasteiger partial charge in [-0.2, -0.15) is 0 Å². The van der Waals surface area contributed by atoms with E-state index in [1.165, 1.54) is 5.56 Å².